The average Bonchev–Trinajstić information content (AvgIpc) is 2.45. The average molecular weight is 292 g/mol. The number of nitrogens with zero attached hydrogens (tertiary/aromatic N) is 2. The Kier molecular flexibility index (Phi) is 4.07. The van der Waals surface area contributed by atoms with Gasteiger partial charge in [-0.15, -0.1) is 0 Å². The normalized spacial score (nSPS) is 10.1. The minimum Gasteiger partial charge on any atom is -0.487 e. The van der Waals surface area contributed by atoms with Crippen LogP contribution in [0.3, 0.4) is 0 Å². The fraction of sp³-hybridized carbons (Fsp3) is 0.0769. The largest absolute Gasteiger partial charge is 0.487 e. The second-order valence-corrected chi connectivity index (χ2v) is 4.08. The molecule has 2 rings (SSSR count). The van der Waals surface area contributed by atoms with Gasteiger partial charge in [-0.2, -0.15) is 0 Å². The number of halogens is 1. The minimum absolute atomic E-state index is 0.0577. The number of nitro groups is 1. The molecule has 0 saturated heterocycles. The summed E-state index contributed by atoms with van der Waals surface area (Å²) in [6, 6.07) is 4.33. The summed E-state index contributed by atoms with van der Waals surface area (Å²) in [6.07, 6.45) is 2.45. The van der Waals surface area contributed by atoms with Gasteiger partial charge in [-0.1, -0.05) is 0 Å². The lowest BCUT2D eigenvalue weighted by Gasteiger charge is -2.06. The zero-order valence-corrected chi connectivity index (χ0v) is 10.5. The van der Waals surface area contributed by atoms with Crippen molar-refractivity contribution in [3.05, 3.63) is 63.7 Å². The maximum Gasteiger partial charge on any atom is 0.337 e. The lowest BCUT2D eigenvalue weighted by Crippen LogP contribution is -2.01. The highest BCUT2D eigenvalue weighted by atomic mass is 19.1. The van der Waals surface area contributed by atoms with Crippen molar-refractivity contribution >= 4 is 11.7 Å². The summed E-state index contributed by atoms with van der Waals surface area (Å²) in [7, 11) is 0. The molecule has 0 spiro atoms. The van der Waals surface area contributed by atoms with E-state index >= 15 is 0 Å². The van der Waals surface area contributed by atoms with Crippen LogP contribution < -0.4 is 4.74 Å². The summed E-state index contributed by atoms with van der Waals surface area (Å²) in [6.45, 7) is -0.149. The number of nitro benzene ring substituents is 1. The molecule has 0 aliphatic carbocycles. The van der Waals surface area contributed by atoms with Gasteiger partial charge in [-0.25, -0.2) is 9.18 Å². The molecule has 0 aliphatic rings. The third-order valence-electron chi connectivity index (χ3n) is 2.52. The molecule has 1 heterocycles. The summed E-state index contributed by atoms with van der Waals surface area (Å²) < 4.78 is 18.5. The fourth-order valence-electron chi connectivity index (χ4n) is 1.60. The maximum absolute atomic E-state index is 13.2. The highest BCUT2D eigenvalue weighted by molar-refractivity contribution is 5.87. The van der Waals surface area contributed by atoms with Crippen molar-refractivity contribution in [1.29, 1.82) is 0 Å². The first-order valence-electron chi connectivity index (χ1n) is 5.70. The molecule has 8 heteroatoms. The first-order valence-corrected chi connectivity index (χ1v) is 5.70. The zero-order chi connectivity index (χ0) is 15.4. The van der Waals surface area contributed by atoms with Crippen molar-refractivity contribution in [1.82, 2.24) is 4.98 Å². The molecule has 0 atom stereocenters. The number of carbonyl (C=O) groups is 1. The molecule has 7 nitrogen and oxygen atoms in total. The molecule has 108 valence electrons. The highest BCUT2D eigenvalue weighted by Crippen LogP contribution is 2.19. The van der Waals surface area contributed by atoms with Crippen LogP contribution in [0.5, 0.6) is 5.75 Å². The maximum atomic E-state index is 13.2. The van der Waals surface area contributed by atoms with E-state index in [-0.39, 0.29) is 29.2 Å². The molecule has 0 unspecified atom stereocenters. The number of hydrogen-bond donors (Lipinski definition) is 1. The highest BCUT2D eigenvalue weighted by Gasteiger charge is 2.11. The number of aromatic carboxylic acids is 1. The van der Waals surface area contributed by atoms with Crippen molar-refractivity contribution in [3.63, 3.8) is 0 Å². The number of carboxylic acids is 1. The molecule has 0 bridgehead atoms. The lowest BCUT2D eigenvalue weighted by atomic mass is 10.2. The van der Waals surface area contributed by atoms with Gasteiger partial charge in [-0.3, -0.25) is 15.1 Å². The van der Waals surface area contributed by atoms with E-state index in [1.54, 1.807) is 0 Å². The van der Waals surface area contributed by atoms with Crippen LogP contribution in [0.4, 0.5) is 10.1 Å². The van der Waals surface area contributed by atoms with Crippen molar-refractivity contribution in [2.75, 3.05) is 0 Å². The van der Waals surface area contributed by atoms with E-state index in [1.165, 1.54) is 18.3 Å². The summed E-state index contributed by atoms with van der Waals surface area (Å²) in [5.74, 6) is -1.74. The number of ether oxygens (including phenoxy) is 1. The van der Waals surface area contributed by atoms with Gasteiger partial charge < -0.3 is 9.84 Å². The van der Waals surface area contributed by atoms with E-state index in [2.05, 4.69) is 4.98 Å². The van der Waals surface area contributed by atoms with Gasteiger partial charge in [-0.05, 0) is 17.7 Å². The van der Waals surface area contributed by atoms with Gasteiger partial charge in [0.1, 0.15) is 18.2 Å². The minimum atomic E-state index is -1.16. The van der Waals surface area contributed by atoms with Crippen LogP contribution in [-0.2, 0) is 6.61 Å². The van der Waals surface area contributed by atoms with Gasteiger partial charge in [0, 0.05) is 12.3 Å². The van der Waals surface area contributed by atoms with Crippen LogP contribution in [0.25, 0.3) is 0 Å². The molecule has 0 radical (unpaired) electrons. The predicted octanol–water partition coefficient (Wildman–Crippen LogP) is 2.41. The summed E-state index contributed by atoms with van der Waals surface area (Å²) >= 11 is 0. The molecule has 21 heavy (non-hydrogen) atoms. The Bertz CT molecular complexity index is 705. The molecule has 2 aromatic rings. The van der Waals surface area contributed by atoms with Crippen molar-refractivity contribution in [2.24, 2.45) is 0 Å². The van der Waals surface area contributed by atoms with Crippen LogP contribution in [0.1, 0.15) is 15.9 Å². The standard InChI is InChI=1S/C13H9FN2O5/c14-10-1-8(2-11(4-10)16(19)20)7-21-12-3-9(13(17)18)5-15-6-12/h1-6H,7H2,(H,17,18). The Hall–Kier alpha value is -3.03. The van der Waals surface area contributed by atoms with Crippen LogP contribution in [0.2, 0.25) is 0 Å². The molecular weight excluding hydrogens is 283 g/mol. The van der Waals surface area contributed by atoms with Crippen LogP contribution in [-0.4, -0.2) is 21.0 Å². The predicted molar refractivity (Wildman–Crippen MR) is 68.6 cm³/mol. The quantitative estimate of drug-likeness (QED) is 0.670. The summed E-state index contributed by atoms with van der Waals surface area (Å²) in [5, 5.41) is 19.4. The van der Waals surface area contributed by atoms with Gasteiger partial charge >= 0.3 is 5.97 Å². The molecule has 0 aliphatic heterocycles. The Balaban J connectivity index is 2.14. The van der Waals surface area contributed by atoms with E-state index in [1.807, 2.05) is 0 Å². The number of rotatable bonds is 5. The van der Waals surface area contributed by atoms with E-state index in [9.17, 15) is 19.3 Å². The summed E-state index contributed by atoms with van der Waals surface area (Å²) in [4.78, 5) is 24.4. The molecule has 0 amide bonds. The molecule has 1 aromatic heterocycles. The number of carboxylic acid groups (broad SMARTS) is 1. The Labute approximate surface area is 117 Å². The molecule has 1 N–H and O–H groups in total. The van der Waals surface area contributed by atoms with Gasteiger partial charge in [0.05, 0.1) is 22.7 Å². The topological polar surface area (TPSA) is 103 Å². The first-order chi connectivity index (χ1) is 9.95. The van der Waals surface area contributed by atoms with Crippen LogP contribution in [0, 0.1) is 15.9 Å². The van der Waals surface area contributed by atoms with Gasteiger partial charge in [0.25, 0.3) is 5.69 Å². The molecule has 0 saturated carbocycles. The number of pyridine rings is 1. The Morgan fingerprint density at radius 1 is 1.33 bits per heavy atom. The summed E-state index contributed by atoms with van der Waals surface area (Å²) in [5.41, 5.74) is -0.189. The zero-order valence-electron chi connectivity index (χ0n) is 10.5. The van der Waals surface area contributed by atoms with Crippen molar-refractivity contribution in [3.8, 4) is 5.75 Å². The smallest absolute Gasteiger partial charge is 0.337 e. The lowest BCUT2D eigenvalue weighted by molar-refractivity contribution is -0.385. The third-order valence-corrected chi connectivity index (χ3v) is 2.52. The SMILES string of the molecule is O=C(O)c1cncc(OCc2cc(F)cc([N+](=O)[O-])c2)c1. The van der Waals surface area contributed by atoms with E-state index < -0.39 is 16.7 Å². The Morgan fingerprint density at radius 3 is 2.76 bits per heavy atom. The third kappa shape index (κ3) is 3.72. The fourth-order valence-corrected chi connectivity index (χ4v) is 1.60. The van der Waals surface area contributed by atoms with Crippen molar-refractivity contribution in [2.45, 2.75) is 6.61 Å². The monoisotopic (exact) mass is 292 g/mol. The van der Waals surface area contributed by atoms with Crippen LogP contribution >= 0.6 is 0 Å². The molecule has 0 fully saturated rings. The van der Waals surface area contributed by atoms with Crippen LogP contribution in [0.15, 0.2) is 36.7 Å². The number of non-ortho nitro benzene ring substituents is 1. The van der Waals surface area contributed by atoms with Gasteiger partial charge in [0.15, 0.2) is 0 Å². The van der Waals surface area contributed by atoms with E-state index in [0.29, 0.717) is 0 Å². The number of benzene rings is 1. The number of hydrogen-bond acceptors (Lipinski definition) is 5. The second kappa shape index (κ2) is 5.95. The van der Waals surface area contributed by atoms with E-state index in [4.69, 9.17) is 9.84 Å². The first kappa shape index (κ1) is 14.4. The second-order valence-electron chi connectivity index (χ2n) is 4.08. The Morgan fingerprint density at radius 2 is 2.10 bits per heavy atom. The van der Waals surface area contributed by atoms with Crippen molar-refractivity contribution < 1.29 is 24.0 Å². The molecular formula is C13H9FN2O5. The molecule has 1 aromatic carbocycles. The number of aromatic nitrogens is 1. The van der Waals surface area contributed by atoms with Gasteiger partial charge in [0.2, 0.25) is 0 Å². The van der Waals surface area contributed by atoms with E-state index in [0.717, 1.165) is 18.3 Å².